The summed E-state index contributed by atoms with van der Waals surface area (Å²) in [6, 6.07) is 0. The number of rotatable bonds is 5. The number of ether oxygens (including phenoxy) is 1. The molecule has 0 rings (SSSR count). The quantitative estimate of drug-likeness (QED) is 0.786. The van der Waals surface area contributed by atoms with Crippen molar-refractivity contribution < 1.29 is 18.3 Å². The lowest BCUT2D eigenvalue weighted by Gasteiger charge is -2.36. The van der Waals surface area contributed by atoms with Crippen LogP contribution in [0.1, 0.15) is 48.5 Å². The van der Waals surface area contributed by atoms with E-state index in [0.29, 0.717) is 0 Å². The topological polar surface area (TPSA) is 66.8 Å². The molecule has 0 heterocycles. The zero-order valence-corrected chi connectivity index (χ0v) is 14.2. The maximum Gasteiger partial charge on any atom is 0.211 e. The highest BCUT2D eigenvalue weighted by molar-refractivity contribution is 7.88. The molecule has 0 radical (unpaired) electrons. The van der Waals surface area contributed by atoms with E-state index >= 15 is 0 Å². The van der Waals surface area contributed by atoms with E-state index in [1.165, 1.54) is 4.31 Å². The molecule has 0 aromatic rings. The molecule has 0 amide bonds. The van der Waals surface area contributed by atoms with E-state index in [1.54, 1.807) is 20.8 Å². The Labute approximate surface area is 118 Å². The van der Waals surface area contributed by atoms with Gasteiger partial charge in [-0.25, -0.2) is 8.42 Å². The van der Waals surface area contributed by atoms with Crippen LogP contribution >= 0.6 is 0 Å². The molecule has 116 valence electrons. The van der Waals surface area contributed by atoms with Crippen LogP contribution in [0.25, 0.3) is 0 Å². The molecular formula is C13H29NO4S. The van der Waals surface area contributed by atoms with E-state index in [-0.39, 0.29) is 18.1 Å². The van der Waals surface area contributed by atoms with Gasteiger partial charge in [-0.1, -0.05) is 20.8 Å². The van der Waals surface area contributed by atoms with E-state index < -0.39 is 21.9 Å². The molecule has 0 spiro atoms. The van der Waals surface area contributed by atoms with Crippen molar-refractivity contribution in [2.75, 3.05) is 12.8 Å². The predicted molar refractivity (Wildman–Crippen MR) is 77.3 cm³/mol. The standard InChI is InChI=1S/C13H29NO4S/c1-10(12(2,3)4)18-11(15)9-14(13(5,6)7)19(8,16)17/h10-11,15H,9H2,1-8H3/t10-,11?/m0/s1. The minimum Gasteiger partial charge on any atom is -0.367 e. The third-order valence-electron chi connectivity index (χ3n) is 3.05. The molecule has 19 heavy (non-hydrogen) atoms. The van der Waals surface area contributed by atoms with Gasteiger partial charge in [-0.05, 0) is 33.1 Å². The summed E-state index contributed by atoms with van der Waals surface area (Å²) in [5.41, 5.74) is -0.707. The smallest absolute Gasteiger partial charge is 0.211 e. The third-order valence-corrected chi connectivity index (χ3v) is 4.55. The summed E-state index contributed by atoms with van der Waals surface area (Å²) in [6.45, 7) is 13.2. The summed E-state index contributed by atoms with van der Waals surface area (Å²) in [7, 11) is -3.40. The normalized spacial score (nSPS) is 17.6. The second kappa shape index (κ2) is 6.08. The highest BCUT2D eigenvalue weighted by Gasteiger charge is 2.33. The molecule has 5 nitrogen and oxygen atoms in total. The van der Waals surface area contributed by atoms with Crippen LogP contribution in [-0.4, -0.2) is 48.6 Å². The molecule has 0 bridgehead atoms. The number of aliphatic hydroxyl groups excluding tert-OH is 1. The van der Waals surface area contributed by atoms with E-state index in [4.69, 9.17) is 4.74 Å². The Kier molecular flexibility index (Phi) is 6.02. The number of hydrogen-bond acceptors (Lipinski definition) is 4. The van der Waals surface area contributed by atoms with Gasteiger partial charge in [0.1, 0.15) is 0 Å². The van der Waals surface area contributed by atoms with Gasteiger partial charge in [-0.2, -0.15) is 4.31 Å². The first-order valence-corrected chi connectivity index (χ1v) is 8.32. The molecule has 2 atom stereocenters. The lowest BCUT2D eigenvalue weighted by atomic mass is 9.90. The Morgan fingerprint density at radius 1 is 1.16 bits per heavy atom. The summed E-state index contributed by atoms with van der Waals surface area (Å²) in [5.74, 6) is 0. The number of sulfonamides is 1. The molecule has 0 aliphatic carbocycles. The monoisotopic (exact) mass is 295 g/mol. The molecular weight excluding hydrogens is 266 g/mol. The van der Waals surface area contributed by atoms with Crippen molar-refractivity contribution in [3.63, 3.8) is 0 Å². The van der Waals surface area contributed by atoms with Gasteiger partial charge in [-0.15, -0.1) is 0 Å². The average molecular weight is 295 g/mol. The van der Waals surface area contributed by atoms with Crippen LogP contribution in [0.2, 0.25) is 0 Å². The molecule has 0 saturated heterocycles. The first-order chi connectivity index (χ1) is 8.15. The molecule has 0 aromatic heterocycles. The SMILES string of the molecule is C[C@H](OC(O)CN(C(C)(C)C)S(C)(=O)=O)C(C)(C)C. The van der Waals surface area contributed by atoms with E-state index in [9.17, 15) is 13.5 Å². The molecule has 0 saturated carbocycles. The van der Waals surface area contributed by atoms with Crippen molar-refractivity contribution in [2.24, 2.45) is 5.41 Å². The van der Waals surface area contributed by atoms with Crippen LogP contribution in [-0.2, 0) is 14.8 Å². The molecule has 0 fully saturated rings. The van der Waals surface area contributed by atoms with Gasteiger partial charge in [0.05, 0.1) is 18.9 Å². The summed E-state index contributed by atoms with van der Waals surface area (Å²) in [6.07, 6.45) is -0.176. The predicted octanol–water partition coefficient (Wildman–Crippen LogP) is 1.82. The van der Waals surface area contributed by atoms with Crippen molar-refractivity contribution >= 4 is 10.0 Å². The summed E-state index contributed by atoms with van der Waals surface area (Å²) in [4.78, 5) is 0. The first-order valence-electron chi connectivity index (χ1n) is 6.47. The highest BCUT2D eigenvalue weighted by atomic mass is 32.2. The lowest BCUT2D eigenvalue weighted by molar-refractivity contribution is -0.164. The fourth-order valence-electron chi connectivity index (χ4n) is 1.53. The maximum atomic E-state index is 11.8. The van der Waals surface area contributed by atoms with Crippen molar-refractivity contribution in [2.45, 2.75) is 66.4 Å². The summed E-state index contributed by atoms with van der Waals surface area (Å²) in [5, 5.41) is 9.95. The van der Waals surface area contributed by atoms with E-state index in [0.717, 1.165) is 6.26 Å². The minimum atomic E-state index is -3.40. The Morgan fingerprint density at radius 3 is 1.84 bits per heavy atom. The molecule has 6 heteroatoms. The number of hydrogen-bond donors (Lipinski definition) is 1. The van der Waals surface area contributed by atoms with Gasteiger partial charge >= 0.3 is 0 Å². The van der Waals surface area contributed by atoms with Gasteiger partial charge < -0.3 is 9.84 Å². The van der Waals surface area contributed by atoms with Gasteiger partial charge in [0.25, 0.3) is 0 Å². The fraction of sp³-hybridized carbons (Fsp3) is 1.00. The van der Waals surface area contributed by atoms with Gasteiger partial charge in [0.2, 0.25) is 10.0 Å². The van der Waals surface area contributed by atoms with Crippen LogP contribution in [0.4, 0.5) is 0 Å². The van der Waals surface area contributed by atoms with Gasteiger partial charge in [0, 0.05) is 5.54 Å². The van der Waals surface area contributed by atoms with Crippen molar-refractivity contribution in [1.29, 1.82) is 0 Å². The number of aliphatic hydroxyl groups is 1. The first kappa shape index (κ1) is 18.8. The average Bonchev–Trinajstić information content (AvgIpc) is 2.08. The van der Waals surface area contributed by atoms with Crippen LogP contribution in [0, 0.1) is 5.41 Å². The fourth-order valence-corrected chi connectivity index (χ4v) is 2.92. The number of nitrogens with zero attached hydrogens (tertiary/aromatic N) is 1. The van der Waals surface area contributed by atoms with E-state index in [1.807, 2.05) is 27.7 Å². The highest BCUT2D eigenvalue weighted by Crippen LogP contribution is 2.24. The van der Waals surface area contributed by atoms with Crippen LogP contribution in [0.3, 0.4) is 0 Å². The Balaban J connectivity index is 4.82. The summed E-state index contributed by atoms with van der Waals surface area (Å²) < 4.78 is 30.2. The molecule has 0 aliphatic heterocycles. The Hall–Kier alpha value is -0.170. The van der Waals surface area contributed by atoms with E-state index in [2.05, 4.69) is 0 Å². The second-order valence-corrected chi connectivity index (χ2v) is 8.97. The zero-order valence-electron chi connectivity index (χ0n) is 13.4. The van der Waals surface area contributed by atoms with Crippen molar-refractivity contribution in [3.05, 3.63) is 0 Å². The van der Waals surface area contributed by atoms with Crippen LogP contribution in [0.15, 0.2) is 0 Å². The summed E-state index contributed by atoms with van der Waals surface area (Å²) >= 11 is 0. The van der Waals surface area contributed by atoms with Crippen LogP contribution < -0.4 is 0 Å². The third kappa shape index (κ3) is 6.70. The Bertz CT molecular complexity index is 378. The van der Waals surface area contributed by atoms with Crippen molar-refractivity contribution in [1.82, 2.24) is 4.31 Å². The molecule has 0 aliphatic rings. The Morgan fingerprint density at radius 2 is 1.58 bits per heavy atom. The molecule has 1 unspecified atom stereocenters. The molecule has 0 aromatic carbocycles. The lowest BCUT2D eigenvalue weighted by Crippen LogP contribution is -2.49. The zero-order chi connectivity index (χ0) is 15.6. The second-order valence-electron chi connectivity index (χ2n) is 7.06. The maximum absolute atomic E-state index is 11.8. The van der Waals surface area contributed by atoms with Gasteiger partial charge in [-0.3, -0.25) is 0 Å². The number of β-amino-alcohol motifs (C(OH)–C–C–N with tert-alkyl or cyclic N) is 1. The van der Waals surface area contributed by atoms with Crippen LogP contribution in [0.5, 0.6) is 0 Å². The molecule has 1 N–H and O–H groups in total. The van der Waals surface area contributed by atoms with Crippen molar-refractivity contribution in [3.8, 4) is 0 Å². The van der Waals surface area contributed by atoms with Gasteiger partial charge in [0.15, 0.2) is 6.29 Å². The largest absolute Gasteiger partial charge is 0.367 e. The minimum absolute atomic E-state index is 0.0667.